The summed E-state index contributed by atoms with van der Waals surface area (Å²) in [6.07, 6.45) is -0.218. The lowest BCUT2D eigenvalue weighted by Gasteiger charge is -2.09. The van der Waals surface area contributed by atoms with E-state index in [-0.39, 0.29) is 12.3 Å². The van der Waals surface area contributed by atoms with Crippen LogP contribution < -0.4 is 4.74 Å². The van der Waals surface area contributed by atoms with E-state index in [0.29, 0.717) is 22.4 Å². The van der Waals surface area contributed by atoms with Crippen LogP contribution in [-0.2, 0) is 17.1 Å². The average Bonchev–Trinajstić information content (AvgIpc) is 2.27. The molecule has 0 aliphatic carbocycles. The Labute approximate surface area is 98.0 Å². The molecular formula is C11H10ClNO3. The molecule has 0 unspecified atom stereocenters. The molecular weight excluding hydrogens is 230 g/mol. The number of carboxylic acid groups (broad SMARTS) is 1. The van der Waals surface area contributed by atoms with Crippen molar-refractivity contribution < 1.29 is 14.6 Å². The van der Waals surface area contributed by atoms with E-state index in [0.717, 1.165) is 0 Å². The number of rotatable bonds is 4. The fourth-order valence-electron chi connectivity index (χ4n) is 1.40. The molecule has 1 rings (SSSR count). The van der Waals surface area contributed by atoms with Gasteiger partial charge in [0.2, 0.25) is 0 Å². The zero-order valence-corrected chi connectivity index (χ0v) is 9.41. The number of nitriles is 1. The van der Waals surface area contributed by atoms with Crippen LogP contribution in [0.15, 0.2) is 12.1 Å². The number of hydrogen-bond donors (Lipinski definition) is 1. The topological polar surface area (TPSA) is 70.3 Å². The van der Waals surface area contributed by atoms with E-state index < -0.39 is 5.97 Å². The van der Waals surface area contributed by atoms with E-state index in [4.69, 9.17) is 26.7 Å². The van der Waals surface area contributed by atoms with Gasteiger partial charge in [0.1, 0.15) is 5.75 Å². The molecule has 0 radical (unpaired) electrons. The molecule has 4 nitrogen and oxygen atoms in total. The van der Waals surface area contributed by atoms with E-state index in [1.807, 2.05) is 6.07 Å². The lowest BCUT2D eigenvalue weighted by atomic mass is 10.00. The van der Waals surface area contributed by atoms with Gasteiger partial charge < -0.3 is 9.84 Å². The molecule has 16 heavy (non-hydrogen) atoms. The SMILES string of the molecule is COc1cc(CCl)c(C#N)c(CC(=O)O)c1. The van der Waals surface area contributed by atoms with Crippen LogP contribution in [0.3, 0.4) is 0 Å². The second-order valence-electron chi connectivity index (χ2n) is 3.14. The van der Waals surface area contributed by atoms with Crippen molar-refractivity contribution in [1.82, 2.24) is 0 Å². The number of carboxylic acids is 1. The zero-order valence-electron chi connectivity index (χ0n) is 8.66. The van der Waals surface area contributed by atoms with Gasteiger partial charge in [-0.1, -0.05) is 0 Å². The monoisotopic (exact) mass is 239 g/mol. The number of methoxy groups -OCH3 is 1. The van der Waals surface area contributed by atoms with Crippen LogP contribution >= 0.6 is 11.6 Å². The smallest absolute Gasteiger partial charge is 0.307 e. The van der Waals surface area contributed by atoms with Gasteiger partial charge in [0.05, 0.1) is 25.2 Å². The normalized spacial score (nSPS) is 9.56. The van der Waals surface area contributed by atoms with Crippen LogP contribution in [0.5, 0.6) is 5.75 Å². The Morgan fingerprint density at radius 3 is 2.62 bits per heavy atom. The van der Waals surface area contributed by atoms with E-state index >= 15 is 0 Å². The second-order valence-corrected chi connectivity index (χ2v) is 3.40. The summed E-state index contributed by atoms with van der Waals surface area (Å²) in [4.78, 5) is 10.7. The molecule has 5 heteroatoms. The van der Waals surface area contributed by atoms with Crippen LogP contribution in [-0.4, -0.2) is 18.2 Å². The average molecular weight is 240 g/mol. The van der Waals surface area contributed by atoms with E-state index in [1.54, 1.807) is 12.1 Å². The van der Waals surface area contributed by atoms with Gasteiger partial charge in [-0.2, -0.15) is 5.26 Å². The quantitative estimate of drug-likeness (QED) is 0.815. The number of aliphatic carboxylic acids is 1. The minimum Gasteiger partial charge on any atom is -0.497 e. The molecule has 0 heterocycles. The van der Waals surface area contributed by atoms with Crippen molar-refractivity contribution in [2.45, 2.75) is 12.3 Å². The molecule has 0 aromatic heterocycles. The van der Waals surface area contributed by atoms with Gasteiger partial charge in [0.15, 0.2) is 0 Å². The number of alkyl halides is 1. The molecule has 1 N–H and O–H groups in total. The number of carbonyl (C=O) groups is 1. The minimum absolute atomic E-state index is 0.146. The first-order chi connectivity index (χ1) is 7.62. The maximum atomic E-state index is 10.7. The van der Waals surface area contributed by atoms with Gasteiger partial charge in [-0.25, -0.2) is 0 Å². The summed E-state index contributed by atoms with van der Waals surface area (Å²) in [5, 5.41) is 17.7. The molecule has 0 amide bonds. The molecule has 0 fully saturated rings. The van der Waals surface area contributed by atoms with Crippen LogP contribution in [0.4, 0.5) is 0 Å². The summed E-state index contributed by atoms with van der Waals surface area (Å²) in [6.45, 7) is 0. The largest absolute Gasteiger partial charge is 0.497 e. The number of nitrogens with zero attached hydrogens (tertiary/aromatic N) is 1. The van der Waals surface area contributed by atoms with Crippen LogP contribution in [0.2, 0.25) is 0 Å². The third-order valence-corrected chi connectivity index (χ3v) is 2.40. The van der Waals surface area contributed by atoms with Crippen LogP contribution in [0.25, 0.3) is 0 Å². The summed E-state index contributed by atoms with van der Waals surface area (Å²) in [5.74, 6) is -0.344. The Kier molecular flexibility index (Phi) is 4.15. The minimum atomic E-state index is -0.995. The predicted octanol–water partition coefficient (Wildman–Crippen LogP) is 1.93. The van der Waals surface area contributed by atoms with E-state index in [9.17, 15) is 4.79 Å². The summed E-state index contributed by atoms with van der Waals surface area (Å²) in [5.41, 5.74) is 1.32. The lowest BCUT2D eigenvalue weighted by Crippen LogP contribution is -2.04. The van der Waals surface area contributed by atoms with Crippen LogP contribution in [0, 0.1) is 11.3 Å². The number of ether oxygens (including phenoxy) is 1. The van der Waals surface area contributed by atoms with Crippen molar-refractivity contribution in [3.63, 3.8) is 0 Å². The Balaban J connectivity index is 3.32. The first kappa shape index (κ1) is 12.3. The Hall–Kier alpha value is -1.73. The van der Waals surface area contributed by atoms with Crippen molar-refractivity contribution in [2.24, 2.45) is 0 Å². The summed E-state index contributed by atoms with van der Waals surface area (Å²) < 4.78 is 5.02. The van der Waals surface area contributed by atoms with Gasteiger partial charge >= 0.3 is 5.97 Å². The third kappa shape index (κ3) is 2.65. The second kappa shape index (κ2) is 5.38. The molecule has 0 atom stereocenters. The molecule has 0 aliphatic rings. The maximum Gasteiger partial charge on any atom is 0.307 e. The lowest BCUT2D eigenvalue weighted by molar-refractivity contribution is -0.136. The van der Waals surface area contributed by atoms with E-state index in [2.05, 4.69) is 0 Å². The fourth-order valence-corrected chi connectivity index (χ4v) is 1.62. The molecule has 84 valence electrons. The number of benzene rings is 1. The summed E-state index contributed by atoms with van der Waals surface area (Å²) >= 11 is 5.69. The van der Waals surface area contributed by atoms with Crippen molar-refractivity contribution in [3.8, 4) is 11.8 Å². The van der Waals surface area contributed by atoms with Gasteiger partial charge in [-0.05, 0) is 23.3 Å². The first-order valence-corrected chi connectivity index (χ1v) is 5.03. The highest BCUT2D eigenvalue weighted by Crippen LogP contribution is 2.24. The summed E-state index contributed by atoms with van der Waals surface area (Å²) in [7, 11) is 1.48. The molecule has 0 aliphatic heterocycles. The Morgan fingerprint density at radius 1 is 1.56 bits per heavy atom. The van der Waals surface area contributed by atoms with Crippen molar-refractivity contribution >= 4 is 17.6 Å². The molecule has 0 spiro atoms. The molecule has 0 bridgehead atoms. The van der Waals surface area contributed by atoms with Crippen molar-refractivity contribution in [3.05, 3.63) is 28.8 Å². The third-order valence-electron chi connectivity index (χ3n) is 2.11. The van der Waals surface area contributed by atoms with Gasteiger partial charge in [0.25, 0.3) is 0 Å². The molecule has 1 aromatic rings. The van der Waals surface area contributed by atoms with Crippen molar-refractivity contribution in [1.29, 1.82) is 5.26 Å². The van der Waals surface area contributed by atoms with Crippen LogP contribution in [0.1, 0.15) is 16.7 Å². The molecule has 1 aromatic carbocycles. The van der Waals surface area contributed by atoms with Gasteiger partial charge in [0, 0.05) is 5.88 Å². The fraction of sp³-hybridized carbons (Fsp3) is 0.273. The Morgan fingerprint density at radius 2 is 2.19 bits per heavy atom. The van der Waals surface area contributed by atoms with Gasteiger partial charge in [-0.15, -0.1) is 11.6 Å². The zero-order chi connectivity index (χ0) is 12.1. The molecule has 0 saturated carbocycles. The highest BCUT2D eigenvalue weighted by molar-refractivity contribution is 6.17. The Bertz CT molecular complexity index is 451. The summed E-state index contributed by atoms with van der Waals surface area (Å²) in [6, 6.07) is 5.15. The van der Waals surface area contributed by atoms with Gasteiger partial charge in [-0.3, -0.25) is 4.79 Å². The van der Waals surface area contributed by atoms with Crippen molar-refractivity contribution in [2.75, 3.05) is 7.11 Å². The first-order valence-electron chi connectivity index (χ1n) is 4.50. The number of hydrogen-bond acceptors (Lipinski definition) is 3. The molecule has 0 saturated heterocycles. The highest BCUT2D eigenvalue weighted by atomic mass is 35.5. The van der Waals surface area contributed by atoms with E-state index in [1.165, 1.54) is 7.11 Å². The number of halogens is 1. The standard InChI is InChI=1S/C11H10ClNO3/c1-16-9-2-7(4-11(14)15)10(6-13)8(3-9)5-12/h2-3H,4-5H2,1H3,(H,14,15). The maximum absolute atomic E-state index is 10.7. The highest BCUT2D eigenvalue weighted by Gasteiger charge is 2.13. The predicted molar refractivity (Wildman–Crippen MR) is 58.6 cm³/mol.